The first-order chi connectivity index (χ1) is 11.9. The van der Waals surface area contributed by atoms with Gasteiger partial charge in [0.1, 0.15) is 5.75 Å². The van der Waals surface area contributed by atoms with Gasteiger partial charge in [-0.2, -0.15) is 0 Å². The Hall–Kier alpha value is -1.80. The van der Waals surface area contributed by atoms with E-state index in [-0.39, 0.29) is 25.0 Å². The Bertz CT molecular complexity index is 654. The summed E-state index contributed by atoms with van der Waals surface area (Å²) in [5, 5.41) is 2.84. The maximum absolute atomic E-state index is 12.0. The Kier molecular flexibility index (Phi) is 7.07. The van der Waals surface area contributed by atoms with Crippen LogP contribution in [0.25, 0.3) is 0 Å². The van der Waals surface area contributed by atoms with E-state index in [0.29, 0.717) is 24.4 Å². The van der Waals surface area contributed by atoms with Crippen molar-refractivity contribution in [2.24, 2.45) is 0 Å². The van der Waals surface area contributed by atoms with E-state index in [2.05, 4.69) is 5.32 Å². The smallest absolute Gasteiger partial charge is 0.232 e. The first-order valence-electron chi connectivity index (χ1n) is 8.40. The molecule has 1 saturated heterocycles. The van der Waals surface area contributed by atoms with Crippen molar-refractivity contribution in [3.63, 3.8) is 0 Å². The van der Waals surface area contributed by atoms with Crippen LogP contribution in [0.15, 0.2) is 24.3 Å². The van der Waals surface area contributed by atoms with Gasteiger partial charge < -0.3 is 14.8 Å². The van der Waals surface area contributed by atoms with Crippen LogP contribution in [0, 0.1) is 0 Å². The lowest BCUT2D eigenvalue weighted by molar-refractivity contribution is -0.121. The number of rotatable bonds is 9. The molecule has 1 N–H and O–H groups in total. The largest absolute Gasteiger partial charge is 0.497 e. The van der Waals surface area contributed by atoms with E-state index in [9.17, 15) is 13.2 Å². The number of methoxy groups -OCH3 is 1. The number of amides is 1. The van der Waals surface area contributed by atoms with Crippen LogP contribution in [0.5, 0.6) is 5.75 Å². The molecular weight excluding hydrogens is 344 g/mol. The molecular formula is C17H26N2O5S. The van der Waals surface area contributed by atoms with Crippen molar-refractivity contribution in [1.29, 1.82) is 0 Å². The van der Waals surface area contributed by atoms with Gasteiger partial charge in [0.2, 0.25) is 15.9 Å². The molecule has 0 aliphatic carbocycles. The summed E-state index contributed by atoms with van der Waals surface area (Å²) < 4.78 is 35.9. The van der Waals surface area contributed by atoms with Crippen LogP contribution in [0.1, 0.15) is 25.7 Å². The van der Waals surface area contributed by atoms with Crippen LogP contribution in [-0.2, 0) is 19.6 Å². The number of benzene rings is 1. The van der Waals surface area contributed by atoms with Gasteiger partial charge in [-0.15, -0.1) is 0 Å². The van der Waals surface area contributed by atoms with Gasteiger partial charge >= 0.3 is 0 Å². The summed E-state index contributed by atoms with van der Waals surface area (Å²) >= 11 is 0. The minimum Gasteiger partial charge on any atom is -0.497 e. The molecule has 1 amide bonds. The second kappa shape index (κ2) is 9.05. The summed E-state index contributed by atoms with van der Waals surface area (Å²) in [6.07, 6.45) is 3.99. The summed E-state index contributed by atoms with van der Waals surface area (Å²) in [5.74, 6) is 0.574. The quantitative estimate of drug-likeness (QED) is 0.713. The van der Waals surface area contributed by atoms with Crippen LogP contribution in [0.4, 0.5) is 5.69 Å². The van der Waals surface area contributed by atoms with Crippen LogP contribution in [0.2, 0.25) is 0 Å². The van der Waals surface area contributed by atoms with Gasteiger partial charge in [0.25, 0.3) is 0 Å². The van der Waals surface area contributed by atoms with Crippen LogP contribution >= 0.6 is 0 Å². The number of hydrogen-bond donors (Lipinski definition) is 1. The van der Waals surface area contributed by atoms with Gasteiger partial charge in [-0.3, -0.25) is 9.10 Å². The topological polar surface area (TPSA) is 84.9 Å². The molecule has 0 aromatic heterocycles. The highest BCUT2D eigenvalue weighted by Gasteiger charge is 2.19. The summed E-state index contributed by atoms with van der Waals surface area (Å²) in [7, 11) is -1.87. The van der Waals surface area contributed by atoms with Crippen molar-refractivity contribution in [3.8, 4) is 5.75 Å². The van der Waals surface area contributed by atoms with Gasteiger partial charge in [0, 0.05) is 26.1 Å². The highest BCUT2D eigenvalue weighted by Crippen LogP contribution is 2.22. The van der Waals surface area contributed by atoms with Crippen LogP contribution < -0.4 is 14.4 Å². The number of hydrogen-bond acceptors (Lipinski definition) is 5. The van der Waals surface area contributed by atoms with E-state index in [1.54, 1.807) is 31.4 Å². The molecule has 2 rings (SSSR count). The number of anilines is 1. The van der Waals surface area contributed by atoms with Crippen molar-refractivity contribution in [3.05, 3.63) is 24.3 Å². The van der Waals surface area contributed by atoms with Crippen molar-refractivity contribution < 1.29 is 22.7 Å². The highest BCUT2D eigenvalue weighted by atomic mass is 32.2. The number of ether oxygens (including phenoxy) is 2. The Morgan fingerprint density at radius 1 is 1.36 bits per heavy atom. The van der Waals surface area contributed by atoms with E-state index in [1.807, 2.05) is 0 Å². The minimum absolute atomic E-state index is 0.0846. The molecule has 1 aromatic rings. The van der Waals surface area contributed by atoms with Gasteiger partial charge in [0.15, 0.2) is 0 Å². The van der Waals surface area contributed by atoms with Crippen molar-refractivity contribution in [2.75, 3.05) is 37.4 Å². The predicted molar refractivity (Wildman–Crippen MR) is 96.4 cm³/mol. The molecule has 1 aromatic carbocycles. The number of carbonyl (C=O) groups is 1. The maximum atomic E-state index is 12.0. The van der Waals surface area contributed by atoms with Crippen LogP contribution in [-0.4, -0.2) is 53.5 Å². The fourth-order valence-corrected chi connectivity index (χ4v) is 3.70. The number of carbonyl (C=O) groups excluding carboxylic acids is 1. The van der Waals surface area contributed by atoms with Gasteiger partial charge in [0.05, 0.1) is 25.2 Å². The Morgan fingerprint density at radius 3 is 2.64 bits per heavy atom. The van der Waals surface area contributed by atoms with Crippen LogP contribution in [0.3, 0.4) is 0 Å². The first kappa shape index (κ1) is 19.5. The Morgan fingerprint density at radius 2 is 2.08 bits per heavy atom. The zero-order valence-electron chi connectivity index (χ0n) is 14.7. The molecule has 7 nitrogen and oxygen atoms in total. The maximum Gasteiger partial charge on any atom is 0.232 e. The fraction of sp³-hybridized carbons (Fsp3) is 0.588. The zero-order chi connectivity index (χ0) is 18.3. The molecule has 1 atom stereocenters. The normalized spacial score (nSPS) is 17.3. The highest BCUT2D eigenvalue weighted by molar-refractivity contribution is 7.92. The lowest BCUT2D eigenvalue weighted by atomic mass is 10.2. The zero-order valence-corrected chi connectivity index (χ0v) is 15.5. The third-order valence-electron chi connectivity index (χ3n) is 4.08. The summed E-state index contributed by atoms with van der Waals surface area (Å²) in [5.41, 5.74) is 0.558. The fourth-order valence-electron chi connectivity index (χ4n) is 2.74. The number of nitrogens with zero attached hydrogens (tertiary/aromatic N) is 1. The predicted octanol–water partition coefficient (Wildman–Crippen LogP) is 1.54. The standard InChI is InChI=1S/C17H26N2O5S/c1-23-15-9-7-14(8-10-15)19(25(2,21)22)11-3-6-17(20)18-13-16-5-4-12-24-16/h7-10,16H,3-6,11-13H2,1-2H3,(H,18,20)/t16-/m0/s1. The molecule has 8 heteroatoms. The Labute approximate surface area is 149 Å². The van der Waals surface area contributed by atoms with Gasteiger partial charge in [-0.1, -0.05) is 0 Å². The van der Waals surface area contributed by atoms with Crippen molar-refractivity contribution in [1.82, 2.24) is 5.32 Å². The number of sulfonamides is 1. The molecule has 0 unspecified atom stereocenters. The molecule has 25 heavy (non-hydrogen) atoms. The first-order valence-corrected chi connectivity index (χ1v) is 10.2. The lowest BCUT2D eigenvalue weighted by Gasteiger charge is -2.22. The number of nitrogens with one attached hydrogen (secondary N) is 1. The molecule has 0 spiro atoms. The monoisotopic (exact) mass is 370 g/mol. The average molecular weight is 370 g/mol. The van der Waals surface area contributed by atoms with Gasteiger partial charge in [-0.05, 0) is 43.5 Å². The molecule has 0 saturated carbocycles. The molecule has 1 aliphatic heterocycles. The van der Waals surface area contributed by atoms with Crippen molar-refractivity contribution in [2.45, 2.75) is 31.8 Å². The van der Waals surface area contributed by atoms with E-state index < -0.39 is 10.0 Å². The third-order valence-corrected chi connectivity index (χ3v) is 5.27. The second-order valence-corrected chi connectivity index (χ2v) is 7.98. The molecule has 1 aliphatic rings. The Balaban J connectivity index is 1.84. The summed E-state index contributed by atoms with van der Waals surface area (Å²) in [6, 6.07) is 6.80. The SMILES string of the molecule is COc1ccc(N(CCCC(=O)NC[C@@H]2CCCO2)S(C)(=O)=O)cc1. The average Bonchev–Trinajstić information content (AvgIpc) is 3.09. The van der Waals surface area contributed by atoms with Crippen molar-refractivity contribution >= 4 is 21.6 Å². The van der Waals surface area contributed by atoms with E-state index in [4.69, 9.17) is 9.47 Å². The minimum atomic E-state index is -3.42. The van der Waals surface area contributed by atoms with E-state index in [1.165, 1.54) is 4.31 Å². The van der Waals surface area contributed by atoms with E-state index in [0.717, 1.165) is 25.7 Å². The molecule has 1 fully saturated rings. The summed E-state index contributed by atoms with van der Waals surface area (Å²) in [6.45, 7) is 1.53. The van der Waals surface area contributed by atoms with Gasteiger partial charge in [-0.25, -0.2) is 8.42 Å². The molecule has 0 radical (unpaired) electrons. The molecule has 1 heterocycles. The third kappa shape index (κ3) is 6.21. The second-order valence-electron chi connectivity index (χ2n) is 6.08. The summed E-state index contributed by atoms with van der Waals surface area (Å²) in [4.78, 5) is 11.9. The molecule has 140 valence electrons. The van der Waals surface area contributed by atoms with E-state index >= 15 is 0 Å². The molecule has 0 bridgehead atoms. The lowest BCUT2D eigenvalue weighted by Crippen LogP contribution is -2.34.